The summed E-state index contributed by atoms with van der Waals surface area (Å²) in [7, 11) is 0. The van der Waals surface area contributed by atoms with E-state index in [1.165, 1.54) is 0 Å². The Morgan fingerprint density at radius 3 is 2.84 bits per heavy atom. The van der Waals surface area contributed by atoms with Gasteiger partial charge in [-0.25, -0.2) is 0 Å². The van der Waals surface area contributed by atoms with E-state index in [2.05, 4.69) is 14.9 Å². The van der Waals surface area contributed by atoms with E-state index in [0.29, 0.717) is 17.1 Å². The van der Waals surface area contributed by atoms with Crippen molar-refractivity contribution >= 4 is 23.1 Å². The van der Waals surface area contributed by atoms with E-state index in [1.54, 1.807) is 0 Å². The molecule has 0 atom stereocenters. The molecule has 6 heteroatoms. The Balaban J connectivity index is 2.06. The van der Waals surface area contributed by atoms with Gasteiger partial charge in [0.25, 0.3) is 5.91 Å². The fourth-order valence-corrected chi connectivity index (χ4v) is 2.42. The predicted molar refractivity (Wildman–Crippen MR) is 76.0 cm³/mol. The third kappa shape index (κ3) is 3.08. The molecule has 3 N–H and O–H groups in total. The molecule has 0 aliphatic carbocycles. The van der Waals surface area contributed by atoms with E-state index >= 15 is 0 Å². The van der Waals surface area contributed by atoms with Crippen molar-refractivity contribution in [2.45, 2.75) is 26.3 Å². The summed E-state index contributed by atoms with van der Waals surface area (Å²) in [6.07, 6.45) is 0. The number of nitrogens with zero attached hydrogens (tertiary/aromatic N) is 2. The number of anilines is 1. The number of amides is 1. The SMILES string of the molecule is CC(C)c1nnsc1C(=O)NCc1ccccc1N. The van der Waals surface area contributed by atoms with Gasteiger partial charge in [0.2, 0.25) is 0 Å². The van der Waals surface area contributed by atoms with Gasteiger partial charge in [-0.1, -0.05) is 36.5 Å². The summed E-state index contributed by atoms with van der Waals surface area (Å²) < 4.78 is 3.84. The molecule has 0 saturated heterocycles. The van der Waals surface area contributed by atoms with E-state index in [4.69, 9.17) is 5.73 Å². The van der Waals surface area contributed by atoms with E-state index in [1.807, 2.05) is 38.1 Å². The van der Waals surface area contributed by atoms with Gasteiger partial charge in [-0.15, -0.1) is 5.10 Å². The fourth-order valence-electron chi connectivity index (χ4n) is 1.68. The highest BCUT2D eigenvalue weighted by Gasteiger charge is 2.18. The van der Waals surface area contributed by atoms with Crippen LogP contribution in [0.2, 0.25) is 0 Å². The largest absolute Gasteiger partial charge is 0.398 e. The van der Waals surface area contributed by atoms with Crippen LogP contribution in [0.5, 0.6) is 0 Å². The van der Waals surface area contributed by atoms with Gasteiger partial charge in [0, 0.05) is 12.2 Å². The van der Waals surface area contributed by atoms with Gasteiger partial charge >= 0.3 is 0 Å². The summed E-state index contributed by atoms with van der Waals surface area (Å²) >= 11 is 1.12. The lowest BCUT2D eigenvalue weighted by Gasteiger charge is -2.08. The van der Waals surface area contributed by atoms with Crippen molar-refractivity contribution in [1.29, 1.82) is 0 Å². The molecule has 100 valence electrons. The number of nitrogen functional groups attached to an aromatic ring is 1. The Kier molecular flexibility index (Phi) is 4.11. The molecule has 0 bridgehead atoms. The Morgan fingerprint density at radius 2 is 2.16 bits per heavy atom. The molecule has 0 spiro atoms. The third-order valence-corrected chi connectivity index (χ3v) is 3.50. The highest BCUT2D eigenvalue weighted by atomic mass is 32.1. The van der Waals surface area contributed by atoms with Crippen molar-refractivity contribution in [1.82, 2.24) is 14.9 Å². The van der Waals surface area contributed by atoms with Gasteiger partial charge in [-0.05, 0) is 29.1 Å². The zero-order valence-electron chi connectivity index (χ0n) is 10.9. The first-order valence-corrected chi connectivity index (χ1v) is 6.80. The van der Waals surface area contributed by atoms with Gasteiger partial charge in [0.05, 0.1) is 5.69 Å². The smallest absolute Gasteiger partial charge is 0.265 e. The van der Waals surface area contributed by atoms with Crippen LogP contribution < -0.4 is 11.1 Å². The number of benzene rings is 1. The Labute approximate surface area is 116 Å². The summed E-state index contributed by atoms with van der Waals surface area (Å²) in [5.41, 5.74) is 8.15. The fraction of sp³-hybridized carbons (Fsp3) is 0.308. The minimum Gasteiger partial charge on any atom is -0.398 e. The van der Waals surface area contributed by atoms with Crippen molar-refractivity contribution in [3.8, 4) is 0 Å². The predicted octanol–water partition coefficient (Wildman–Crippen LogP) is 2.17. The number of rotatable bonds is 4. The maximum atomic E-state index is 12.1. The highest BCUT2D eigenvalue weighted by molar-refractivity contribution is 7.08. The lowest BCUT2D eigenvalue weighted by Crippen LogP contribution is -2.23. The molecular formula is C13H16N4OS. The van der Waals surface area contributed by atoms with Crippen LogP contribution in [0, 0.1) is 0 Å². The second kappa shape index (κ2) is 5.79. The van der Waals surface area contributed by atoms with Gasteiger partial charge in [-0.3, -0.25) is 4.79 Å². The molecule has 2 rings (SSSR count). The molecular weight excluding hydrogens is 260 g/mol. The molecule has 0 fully saturated rings. The average Bonchev–Trinajstić information content (AvgIpc) is 2.87. The van der Waals surface area contributed by atoms with Crippen LogP contribution >= 0.6 is 11.5 Å². The zero-order chi connectivity index (χ0) is 13.8. The quantitative estimate of drug-likeness (QED) is 0.839. The van der Waals surface area contributed by atoms with Crippen molar-refractivity contribution in [3.63, 3.8) is 0 Å². The molecule has 19 heavy (non-hydrogen) atoms. The lowest BCUT2D eigenvalue weighted by molar-refractivity contribution is 0.0953. The van der Waals surface area contributed by atoms with Crippen molar-refractivity contribution in [2.24, 2.45) is 0 Å². The first-order chi connectivity index (χ1) is 9.09. The Hall–Kier alpha value is -1.95. The van der Waals surface area contributed by atoms with E-state index in [0.717, 1.165) is 22.8 Å². The second-order valence-electron chi connectivity index (χ2n) is 4.52. The number of carbonyl (C=O) groups excluding carboxylic acids is 1. The van der Waals surface area contributed by atoms with Crippen molar-refractivity contribution in [3.05, 3.63) is 40.4 Å². The zero-order valence-corrected chi connectivity index (χ0v) is 11.7. The van der Waals surface area contributed by atoms with Crippen molar-refractivity contribution in [2.75, 3.05) is 5.73 Å². The minimum atomic E-state index is -0.151. The number of nitrogens with one attached hydrogen (secondary N) is 1. The highest BCUT2D eigenvalue weighted by Crippen LogP contribution is 2.19. The summed E-state index contributed by atoms with van der Waals surface area (Å²) in [5, 5.41) is 6.84. The monoisotopic (exact) mass is 276 g/mol. The maximum absolute atomic E-state index is 12.1. The molecule has 2 aromatic rings. The molecule has 0 unspecified atom stereocenters. The van der Waals surface area contributed by atoms with E-state index < -0.39 is 0 Å². The van der Waals surface area contributed by atoms with E-state index in [9.17, 15) is 4.79 Å². The van der Waals surface area contributed by atoms with Crippen molar-refractivity contribution < 1.29 is 4.79 Å². The molecule has 1 amide bonds. The number of carbonyl (C=O) groups is 1. The third-order valence-electron chi connectivity index (χ3n) is 2.76. The number of para-hydroxylation sites is 1. The summed E-state index contributed by atoms with van der Waals surface area (Å²) in [5.74, 6) is 0.0308. The molecule has 1 heterocycles. The maximum Gasteiger partial charge on any atom is 0.265 e. The van der Waals surface area contributed by atoms with Gasteiger partial charge in [-0.2, -0.15) is 0 Å². The molecule has 0 saturated carbocycles. The van der Waals surface area contributed by atoms with Crippen LogP contribution in [0.3, 0.4) is 0 Å². The number of hydrogen-bond donors (Lipinski definition) is 2. The summed E-state index contributed by atoms with van der Waals surface area (Å²) in [6, 6.07) is 7.47. The van der Waals surface area contributed by atoms with Crippen LogP contribution in [0.1, 0.15) is 40.7 Å². The number of aromatic nitrogens is 2. The summed E-state index contributed by atoms with van der Waals surface area (Å²) in [6.45, 7) is 4.38. The van der Waals surface area contributed by atoms with Crippen LogP contribution in [-0.4, -0.2) is 15.5 Å². The van der Waals surface area contributed by atoms with E-state index in [-0.39, 0.29) is 11.8 Å². The second-order valence-corrected chi connectivity index (χ2v) is 5.28. The minimum absolute atomic E-state index is 0.151. The normalized spacial score (nSPS) is 10.7. The number of nitrogens with two attached hydrogens (primary N) is 1. The molecule has 5 nitrogen and oxygen atoms in total. The molecule has 1 aromatic carbocycles. The molecule has 1 aromatic heterocycles. The van der Waals surface area contributed by atoms with Crippen LogP contribution in [0.4, 0.5) is 5.69 Å². The molecule has 0 aliphatic heterocycles. The first kappa shape index (κ1) is 13.5. The molecule has 0 aliphatic rings. The van der Waals surface area contributed by atoms with Crippen LogP contribution in [0.15, 0.2) is 24.3 Å². The van der Waals surface area contributed by atoms with Gasteiger partial charge in [0.1, 0.15) is 4.88 Å². The van der Waals surface area contributed by atoms with Gasteiger partial charge < -0.3 is 11.1 Å². The Morgan fingerprint density at radius 1 is 1.42 bits per heavy atom. The van der Waals surface area contributed by atoms with Gasteiger partial charge in [0.15, 0.2) is 0 Å². The topological polar surface area (TPSA) is 80.9 Å². The first-order valence-electron chi connectivity index (χ1n) is 6.03. The average molecular weight is 276 g/mol. The van der Waals surface area contributed by atoms with Crippen LogP contribution in [0.25, 0.3) is 0 Å². The molecule has 0 radical (unpaired) electrons. The lowest BCUT2D eigenvalue weighted by atomic mass is 10.1. The summed E-state index contributed by atoms with van der Waals surface area (Å²) in [4.78, 5) is 12.7. The van der Waals surface area contributed by atoms with Crippen LogP contribution in [-0.2, 0) is 6.54 Å². The Bertz CT molecular complexity index is 580. The number of hydrogen-bond acceptors (Lipinski definition) is 5. The standard InChI is InChI=1S/C13H16N4OS/c1-8(2)11-12(19-17-16-11)13(18)15-7-9-5-3-4-6-10(9)14/h3-6,8H,7,14H2,1-2H3,(H,15,18).